The van der Waals surface area contributed by atoms with Crippen molar-refractivity contribution in [2.75, 3.05) is 20.3 Å². The van der Waals surface area contributed by atoms with Gasteiger partial charge in [0.1, 0.15) is 5.75 Å². The van der Waals surface area contributed by atoms with Gasteiger partial charge in [0, 0.05) is 6.61 Å². The van der Waals surface area contributed by atoms with Gasteiger partial charge in [-0.05, 0) is 36.6 Å². The van der Waals surface area contributed by atoms with E-state index < -0.39 is 0 Å². The van der Waals surface area contributed by atoms with Crippen LogP contribution in [-0.2, 0) is 0 Å². The number of aliphatic hydroxyl groups is 1. The van der Waals surface area contributed by atoms with Crippen LogP contribution in [0.25, 0.3) is 0 Å². The summed E-state index contributed by atoms with van der Waals surface area (Å²) in [4.78, 5) is 0. The molecule has 1 unspecified atom stereocenters. The van der Waals surface area contributed by atoms with Crippen molar-refractivity contribution in [1.82, 2.24) is 0 Å². The molecule has 3 heteroatoms. The maximum Gasteiger partial charge on any atom is 0.118 e. The molecule has 0 radical (unpaired) electrons. The van der Waals surface area contributed by atoms with Crippen LogP contribution in [0.3, 0.4) is 0 Å². The Bertz CT molecular complexity index is 258. The zero-order valence-corrected chi connectivity index (χ0v) is 8.44. The van der Waals surface area contributed by atoms with E-state index in [0.29, 0.717) is 13.0 Å². The molecule has 0 fully saturated rings. The highest BCUT2D eigenvalue weighted by Crippen LogP contribution is 2.20. The fraction of sp³-hybridized carbons (Fsp3) is 0.455. The first kappa shape index (κ1) is 11.0. The molecule has 0 bridgehead atoms. The number of rotatable bonds is 5. The largest absolute Gasteiger partial charge is 0.497 e. The molecule has 0 aliphatic rings. The van der Waals surface area contributed by atoms with Crippen molar-refractivity contribution < 1.29 is 9.84 Å². The Hall–Kier alpha value is -1.06. The summed E-state index contributed by atoms with van der Waals surface area (Å²) in [5.74, 6) is 1.08. The fourth-order valence-corrected chi connectivity index (χ4v) is 1.45. The Balaban J connectivity index is 2.73. The molecule has 1 rings (SSSR count). The molecule has 3 nitrogen and oxygen atoms in total. The van der Waals surface area contributed by atoms with Crippen LogP contribution in [0, 0.1) is 0 Å². The molecule has 3 N–H and O–H groups in total. The smallest absolute Gasteiger partial charge is 0.118 e. The average Bonchev–Trinajstić information content (AvgIpc) is 2.26. The summed E-state index contributed by atoms with van der Waals surface area (Å²) in [6, 6.07) is 7.81. The molecular weight excluding hydrogens is 178 g/mol. The second kappa shape index (κ2) is 5.62. The molecule has 1 aromatic rings. The lowest BCUT2D eigenvalue weighted by molar-refractivity contribution is 0.276. The number of ether oxygens (including phenoxy) is 1. The van der Waals surface area contributed by atoms with Crippen molar-refractivity contribution >= 4 is 0 Å². The van der Waals surface area contributed by atoms with E-state index in [2.05, 4.69) is 0 Å². The molecule has 0 spiro atoms. The minimum Gasteiger partial charge on any atom is -0.497 e. The molecule has 1 atom stereocenters. The van der Waals surface area contributed by atoms with Gasteiger partial charge in [0.2, 0.25) is 0 Å². The zero-order valence-electron chi connectivity index (χ0n) is 8.44. The van der Waals surface area contributed by atoms with E-state index in [9.17, 15) is 0 Å². The van der Waals surface area contributed by atoms with Gasteiger partial charge in [-0.15, -0.1) is 0 Å². The predicted molar refractivity (Wildman–Crippen MR) is 56.5 cm³/mol. The second-order valence-electron chi connectivity index (χ2n) is 3.22. The molecule has 0 aliphatic heterocycles. The molecule has 0 aromatic heterocycles. The third kappa shape index (κ3) is 2.72. The maximum absolute atomic E-state index is 8.85. The summed E-state index contributed by atoms with van der Waals surface area (Å²) >= 11 is 0. The number of aliphatic hydroxyl groups excluding tert-OH is 1. The van der Waals surface area contributed by atoms with Gasteiger partial charge in [0.05, 0.1) is 7.11 Å². The van der Waals surface area contributed by atoms with Crippen LogP contribution in [0.2, 0.25) is 0 Å². The molecule has 0 heterocycles. The molecule has 0 saturated carbocycles. The van der Waals surface area contributed by atoms with Gasteiger partial charge < -0.3 is 15.6 Å². The van der Waals surface area contributed by atoms with E-state index in [1.807, 2.05) is 24.3 Å². The van der Waals surface area contributed by atoms with Crippen LogP contribution in [0.4, 0.5) is 0 Å². The summed E-state index contributed by atoms with van der Waals surface area (Å²) in [6.45, 7) is 0.737. The first-order valence-corrected chi connectivity index (χ1v) is 4.76. The Kier molecular flexibility index (Phi) is 4.43. The van der Waals surface area contributed by atoms with E-state index in [0.717, 1.165) is 11.3 Å². The predicted octanol–water partition coefficient (Wildman–Crippen LogP) is 1.12. The lowest BCUT2D eigenvalue weighted by Gasteiger charge is -2.13. The number of methoxy groups -OCH3 is 1. The van der Waals surface area contributed by atoms with Gasteiger partial charge in [-0.2, -0.15) is 0 Å². The van der Waals surface area contributed by atoms with Gasteiger partial charge in [-0.1, -0.05) is 12.1 Å². The Morgan fingerprint density at radius 2 is 2.00 bits per heavy atom. The third-order valence-electron chi connectivity index (χ3n) is 2.35. The van der Waals surface area contributed by atoms with Crippen LogP contribution in [0.1, 0.15) is 17.9 Å². The molecule has 78 valence electrons. The molecular formula is C11H17NO2. The van der Waals surface area contributed by atoms with Gasteiger partial charge in [-0.3, -0.25) is 0 Å². The zero-order chi connectivity index (χ0) is 10.4. The Morgan fingerprint density at radius 1 is 1.36 bits per heavy atom. The lowest BCUT2D eigenvalue weighted by atomic mass is 9.96. The molecule has 14 heavy (non-hydrogen) atoms. The SMILES string of the molecule is COc1ccc(C(CN)CCO)cc1. The van der Waals surface area contributed by atoms with Crippen LogP contribution in [0.15, 0.2) is 24.3 Å². The lowest BCUT2D eigenvalue weighted by Crippen LogP contribution is -2.13. The summed E-state index contributed by atoms with van der Waals surface area (Å²) < 4.78 is 5.06. The standard InChI is InChI=1S/C11H17NO2/c1-14-11-4-2-9(3-5-11)10(8-12)6-7-13/h2-5,10,13H,6-8,12H2,1H3. The number of hydrogen-bond donors (Lipinski definition) is 2. The van der Waals surface area contributed by atoms with E-state index in [-0.39, 0.29) is 12.5 Å². The number of benzene rings is 1. The van der Waals surface area contributed by atoms with Crippen molar-refractivity contribution in [1.29, 1.82) is 0 Å². The van der Waals surface area contributed by atoms with Crippen molar-refractivity contribution in [3.8, 4) is 5.75 Å². The van der Waals surface area contributed by atoms with E-state index in [1.54, 1.807) is 7.11 Å². The average molecular weight is 195 g/mol. The normalized spacial score (nSPS) is 12.5. The summed E-state index contributed by atoms with van der Waals surface area (Å²) in [5, 5.41) is 8.85. The number of nitrogens with two attached hydrogens (primary N) is 1. The van der Waals surface area contributed by atoms with Gasteiger partial charge >= 0.3 is 0 Å². The van der Waals surface area contributed by atoms with E-state index >= 15 is 0 Å². The highest BCUT2D eigenvalue weighted by molar-refractivity contribution is 5.29. The minimum atomic E-state index is 0.174. The van der Waals surface area contributed by atoms with Crippen LogP contribution in [0.5, 0.6) is 5.75 Å². The van der Waals surface area contributed by atoms with Gasteiger partial charge in [0.25, 0.3) is 0 Å². The summed E-state index contributed by atoms with van der Waals surface area (Å²) in [6.07, 6.45) is 0.711. The number of hydrogen-bond acceptors (Lipinski definition) is 3. The van der Waals surface area contributed by atoms with E-state index in [4.69, 9.17) is 15.6 Å². The van der Waals surface area contributed by atoms with Crippen molar-refractivity contribution in [2.24, 2.45) is 5.73 Å². The topological polar surface area (TPSA) is 55.5 Å². The van der Waals surface area contributed by atoms with Gasteiger partial charge in [-0.25, -0.2) is 0 Å². The molecule has 1 aromatic carbocycles. The maximum atomic E-state index is 8.85. The fourth-order valence-electron chi connectivity index (χ4n) is 1.45. The van der Waals surface area contributed by atoms with Gasteiger partial charge in [0.15, 0.2) is 0 Å². The first-order chi connectivity index (χ1) is 6.81. The Morgan fingerprint density at radius 3 is 2.43 bits per heavy atom. The minimum absolute atomic E-state index is 0.174. The quantitative estimate of drug-likeness (QED) is 0.740. The van der Waals surface area contributed by atoms with Crippen LogP contribution >= 0.6 is 0 Å². The van der Waals surface area contributed by atoms with Crippen LogP contribution < -0.4 is 10.5 Å². The Labute approximate surface area is 84.5 Å². The summed E-state index contributed by atoms with van der Waals surface area (Å²) in [5.41, 5.74) is 6.77. The van der Waals surface area contributed by atoms with Crippen LogP contribution in [-0.4, -0.2) is 25.4 Å². The highest BCUT2D eigenvalue weighted by atomic mass is 16.5. The third-order valence-corrected chi connectivity index (χ3v) is 2.35. The summed E-state index contributed by atoms with van der Waals surface area (Å²) in [7, 11) is 1.64. The van der Waals surface area contributed by atoms with Crippen molar-refractivity contribution in [3.63, 3.8) is 0 Å². The molecule has 0 saturated heterocycles. The van der Waals surface area contributed by atoms with Crippen molar-refractivity contribution in [3.05, 3.63) is 29.8 Å². The second-order valence-corrected chi connectivity index (χ2v) is 3.22. The molecule has 0 amide bonds. The van der Waals surface area contributed by atoms with E-state index in [1.165, 1.54) is 0 Å². The first-order valence-electron chi connectivity index (χ1n) is 4.76. The van der Waals surface area contributed by atoms with Crippen molar-refractivity contribution in [2.45, 2.75) is 12.3 Å². The highest BCUT2D eigenvalue weighted by Gasteiger charge is 2.08. The molecule has 0 aliphatic carbocycles. The monoisotopic (exact) mass is 195 g/mol.